The maximum atomic E-state index is 5.51. The lowest BCUT2D eigenvalue weighted by atomic mass is 10.0. The molecule has 3 heteroatoms. The molecule has 0 aliphatic carbocycles. The van der Waals surface area contributed by atoms with Crippen LogP contribution in [0.15, 0.2) is 53.1 Å². The highest BCUT2D eigenvalue weighted by molar-refractivity contribution is 5.26. The van der Waals surface area contributed by atoms with Crippen molar-refractivity contribution >= 4 is 0 Å². The first-order valence-electron chi connectivity index (χ1n) is 5.93. The topological polar surface area (TPSA) is 51.2 Å². The van der Waals surface area contributed by atoms with Crippen LogP contribution in [0.4, 0.5) is 0 Å². The molecule has 0 saturated carbocycles. The van der Waals surface area contributed by atoms with Crippen molar-refractivity contribution in [3.63, 3.8) is 0 Å². The van der Waals surface area contributed by atoms with E-state index in [1.54, 1.807) is 6.26 Å². The molecular weight excluding hydrogens is 212 g/mol. The van der Waals surface area contributed by atoms with Gasteiger partial charge in [0.15, 0.2) is 0 Å². The minimum absolute atomic E-state index is 0.109. The summed E-state index contributed by atoms with van der Waals surface area (Å²) in [6, 6.07) is 14.3. The van der Waals surface area contributed by atoms with Crippen molar-refractivity contribution in [2.24, 2.45) is 5.73 Å². The standard InChI is InChI=1S/C14H18N2O/c15-9-5-10-16-14(13-8-4-11-17-13)12-6-2-1-3-7-12/h1-4,6-8,11,14,16H,5,9-10,15H2. The van der Waals surface area contributed by atoms with Crippen molar-refractivity contribution in [1.29, 1.82) is 0 Å². The molecule has 3 nitrogen and oxygen atoms in total. The zero-order valence-electron chi connectivity index (χ0n) is 9.80. The molecule has 1 unspecified atom stereocenters. The lowest BCUT2D eigenvalue weighted by Crippen LogP contribution is -2.24. The third kappa shape index (κ3) is 3.19. The van der Waals surface area contributed by atoms with Gasteiger partial charge in [0.05, 0.1) is 12.3 Å². The van der Waals surface area contributed by atoms with Gasteiger partial charge in [-0.05, 0) is 37.2 Å². The Hall–Kier alpha value is -1.58. The summed E-state index contributed by atoms with van der Waals surface area (Å²) >= 11 is 0. The second-order valence-corrected chi connectivity index (χ2v) is 3.96. The van der Waals surface area contributed by atoms with E-state index in [2.05, 4.69) is 17.4 Å². The van der Waals surface area contributed by atoms with Crippen molar-refractivity contribution < 1.29 is 4.42 Å². The van der Waals surface area contributed by atoms with Gasteiger partial charge in [-0.25, -0.2) is 0 Å². The van der Waals surface area contributed by atoms with Crippen LogP contribution in [0.25, 0.3) is 0 Å². The van der Waals surface area contributed by atoms with Gasteiger partial charge in [0.2, 0.25) is 0 Å². The third-order valence-electron chi connectivity index (χ3n) is 2.69. The second-order valence-electron chi connectivity index (χ2n) is 3.96. The molecule has 17 heavy (non-hydrogen) atoms. The Kier molecular flexibility index (Phi) is 4.36. The van der Waals surface area contributed by atoms with Crippen LogP contribution in [0, 0.1) is 0 Å². The number of benzene rings is 1. The lowest BCUT2D eigenvalue weighted by Gasteiger charge is -2.16. The van der Waals surface area contributed by atoms with Crippen molar-refractivity contribution in [2.45, 2.75) is 12.5 Å². The highest BCUT2D eigenvalue weighted by Crippen LogP contribution is 2.21. The molecule has 0 bridgehead atoms. The summed E-state index contributed by atoms with van der Waals surface area (Å²) in [5, 5.41) is 3.47. The minimum atomic E-state index is 0.109. The van der Waals surface area contributed by atoms with Gasteiger partial charge in [0.1, 0.15) is 5.76 Å². The number of nitrogens with two attached hydrogens (primary N) is 1. The molecule has 1 atom stereocenters. The van der Waals surface area contributed by atoms with Crippen molar-refractivity contribution in [3.05, 3.63) is 60.1 Å². The number of furan rings is 1. The van der Waals surface area contributed by atoms with E-state index < -0.39 is 0 Å². The summed E-state index contributed by atoms with van der Waals surface area (Å²) in [6.45, 7) is 1.59. The predicted octanol–water partition coefficient (Wildman–Crippen LogP) is 2.31. The van der Waals surface area contributed by atoms with Gasteiger partial charge in [-0.1, -0.05) is 30.3 Å². The van der Waals surface area contributed by atoms with Crippen molar-refractivity contribution in [1.82, 2.24) is 5.32 Å². The summed E-state index contributed by atoms with van der Waals surface area (Å²) in [5.74, 6) is 0.938. The number of nitrogens with one attached hydrogen (secondary N) is 1. The number of hydrogen-bond donors (Lipinski definition) is 2. The summed E-state index contributed by atoms with van der Waals surface area (Å²) < 4.78 is 5.49. The molecule has 90 valence electrons. The zero-order valence-corrected chi connectivity index (χ0v) is 9.80. The molecule has 0 aliphatic rings. The fraction of sp³-hybridized carbons (Fsp3) is 0.286. The number of hydrogen-bond acceptors (Lipinski definition) is 3. The Balaban J connectivity index is 2.13. The molecule has 0 radical (unpaired) electrons. The van der Waals surface area contributed by atoms with Gasteiger partial charge < -0.3 is 15.5 Å². The van der Waals surface area contributed by atoms with Crippen LogP contribution in [0.5, 0.6) is 0 Å². The van der Waals surface area contributed by atoms with E-state index in [0.29, 0.717) is 6.54 Å². The first-order valence-corrected chi connectivity index (χ1v) is 5.93. The van der Waals surface area contributed by atoms with E-state index in [-0.39, 0.29) is 6.04 Å². The average molecular weight is 230 g/mol. The molecule has 0 saturated heterocycles. The molecule has 3 N–H and O–H groups in total. The van der Waals surface area contributed by atoms with Crippen LogP contribution in [-0.4, -0.2) is 13.1 Å². The molecule has 1 aromatic heterocycles. The van der Waals surface area contributed by atoms with Gasteiger partial charge in [-0.3, -0.25) is 0 Å². The Bertz CT molecular complexity index is 411. The fourth-order valence-electron chi connectivity index (χ4n) is 1.83. The molecule has 1 aromatic carbocycles. The SMILES string of the molecule is NCCCNC(c1ccccc1)c1ccco1. The fourth-order valence-corrected chi connectivity index (χ4v) is 1.83. The maximum Gasteiger partial charge on any atom is 0.125 e. The summed E-state index contributed by atoms with van der Waals surface area (Å²) in [4.78, 5) is 0. The molecule has 1 heterocycles. The van der Waals surface area contributed by atoms with E-state index in [4.69, 9.17) is 10.2 Å². The van der Waals surface area contributed by atoms with Gasteiger partial charge in [0, 0.05) is 0 Å². The monoisotopic (exact) mass is 230 g/mol. The highest BCUT2D eigenvalue weighted by Gasteiger charge is 2.15. The van der Waals surface area contributed by atoms with E-state index >= 15 is 0 Å². The van der Waals surface area contributed by atoms with Crippen molar-refractivity contribution in [2.75, 3.05) is 13.1 Å². The average Bonchev–Trinajstić information content (AvgIpc) is 2.89. The van der Waals surface area contributed by atoms with Gasteiger partial charge >= 0.3 is 0 Å². The Morgan fingerprint density at radius 3 is 2.59 bits per heavy atom. The third-order valence-corrected chi connectivity index (χ3v) is 2.69. The van der Waals surface area contributed by atoms with Crippen LogP contribution < -0.4 is 11.1 Å². The summed E-state index contributed by atoms with van der Waals surface area (Å²) in [5.41, 5.74) is 6.72. The van der Waals surface area contributed by atoms with Crippen LogP contribution in [0.1, 0.15) is 23.8 Å². The minimum Gasteiger partial charge on any atom is -0.467 e. The largest absolute Gasteiger partial charge is 0.467 e. The second kappa shape index (κ2) is 6.23. The Morgan fingerprint density at radius 2 is 1.94 bits per heavy atom. The normalized spacial score (nSPS) is 12.5. The van der Waals surface area contributed by atoms with Crippen molar-refractivity contribution in [3.8, 4) is 0 Å². The zero-order chi connectivity index (χ0) is 11.9. The maximum absolute atomic E-state index is 5.51. The van der Waals surface area contributed by atoms with Crippen LogP contribution in [-0.2, 0) is 0 Å². The smallest absolute Gasteiger partial charge is 0.125 e. The van der Waals surface area contributed by atoms with Gasteiger partial charge in [-0.2, -0.15) is 0 Å². The van der Waals surface area contributed by atoms with Gasteiger partial charge in [0.25, 0.3) is 0 Å². The molecule has 0 fully saturated rings. The van der Waals surface area contributed by atoms with Gasteiger partial charge in [-0.15, -0.1) is 0 Å². The molecule has 0 aliphatic heterocycles. The first-order chi connectivity index (χ1) is 8.42. The molecule has 0 spiro atoms. The first kappa shape index (κ1) is 11.9. The lowest BCUT2D eigenvalue weighted by molar-refractivity contribution is 0.445. The van der Waals surface area contributed by atoms with E-state index in [9.17, 15) is 0 Å². The van der Waals surface area contributed by atoms with E-state index in [1.807, 2.05) is 30.3 Å². The summed E-state index contributed by atoms with van der Waals surface area (Å²) in [7, 11) is 0. The highest BCUT2D eigenvalue weighted by atomic mass is 16.3. The quantitative estimate of drug-likeness (QED) is 0.749. The molecular formula is C14H18N2O. The Morgan fingerprint density at radius 1 is 1.12 bits per heavy atom. The van der Waals surface area contributed by atoms with E-state index in [1.165, 1.54) is 5.56 Å². The van der Waals surface area contributed by atoms with Crippen LogP contribution in [0.2, 0.25) is 0 Å². The summed E-state index contributed by atoms with van der Waals surface area (Å²) in [6.07, 6.45) is 2.67. The molecule has 0 amide bonds. The van der Waals surface area contributed by atoms with Crippen LogP contribution in [0.3, 0.4) is 0 Å². The number of rotatable bonds is 6. The predicted molar refractivity (Wildman–Crippen MR) is 68.7 cm³/mol. The van der Waals surface area contributed by atoms with E-state index in [0.717, 1.165) is 18.7 Å². The molecule has 2 aromatic rings. The molecule has 2 rings (SSSR count). The Labute approximate surface area is 102 Å². The van der Waals surface area contributed by atoms with Crippen LogP contribution >= 0.6 is 0 Å².